The van der Waals surface area contributed by atoms with Crippen LogP contribution in [0.15, 0.2) is 29.2 Å². The van der Waals surface area contributed by atoms with Crippen molar-refractivity contribution in [1.29, 1.82) is 0 Å². The average Bonchev–Trinajstić information content (AvgIpc) is 2.28. The Morgan fingerprint density at radius 1 is 1.24 bits per heavy atom. The molecule has 0 aliphatic heterocycles. The topological polar surface area (TPSA) is 32.3 Å². The van der Waals surface area contributed by atoms with Gasteiger partial charge in [0.2, 0.25) is 0 Å². The fourth-order valence-electron chi connectivity index (χ4n) is 1.51. The second-order valence-corrected chi connectivity index (χ2v) is 4.98. The molecule has 0 spiro atoms. The van der Waals surface area contributed by atoms with Crippen molar-refractivity contribution in [1.82, 2.24) is 5.32 Å². The monoisotopic (exact) mass is 261 g/mol. The Balaban J connectivity index is 2.60. The number of aliphatic hydroxyl groups excluding tert-OH is 1. The minimum Gasteiger partial charge on any atom is -0.395 e. The summed E-state index contributed by atoms with van der Waals surface area (Å²) in [6.07, 6.45) is 0. The lowest BCUT2D eigenvalue weighted by Gasteiger charge is -2.18. The second kappa shape index (κ2) is 6.93. The number of hydrogen-bond acceptors (Lipinski definition) is 3. The van der Waals surface area contributed by atoms with E-state index in [0.29, 0.717) is 16.7 Å². The molecule has 2 atom stereocenters. The first-order valence-electron chi connectivity index (χ1n) is 5.44. The van der Waals surface area contributed by atoms with E-state index < -0.39 is 5.76 Å². The molecular weight excluding hydrogens is 244 g/mol. The normalized spacial score (nSPS) is 14.9. The molecule has 1 aromatic carbocycles. The van der Waals surface area contributed by atoms with Crippen LogP contribution in [0.4, 0.5) is 8.78 Å². The zero-order chi connectivity index (χ0) is 12.8. The highest BCUT2D eigenvalue weighted by Crippen LogP contribution is 2.26. The van der Waals surface area contributed by atoms with Crippen LogP contribution in [0.25, 0.3) is 0 Å². The second-order valence-electron chi connectivity index (χ2n) is 3.92. The van der Waals surface area contributed by atoms with Crippen molar-refractivity contribution in [3.05, 3.63) is 29.8 Å². The molecule has 0 aliphatic carbocycles. The molecule has 0 unspecified atom stereocenters. The molecule has 0 fully saturated rings. The van der Waals surface area contributed by atoms with Crippen LogP contribution in [-0.4, -0.2) is 23.5 Å². The molecule has 0 radical (unpaired) electrons. The number of thioether (sulfide) groups is 1. The predicted octanol–water partition coefficient (Wildman–Crippen LogP) is 3.03. The van der Waals surface area contributed by atoms with Crippen LogP contribution in [0, 0.1) is 0 Å². The van der Waals surface area contributed by atoms with Gasteiger partial charge in [0.15, 0.2) is 0 Å². The van der Waals surface area contributed by atoms with Crippen molar-refractivity contribution in [3.8, 4) is 0 Å². The molecule has 0 amide bonds. The standard InChI is InChI=1S/C12H17F2NOS/c1-8(7-16)15-9(2)10-3-5-11(6-4-10)17-12(13)14/h3-6,8-9,12,15-16H,7H2,1-2H3/t8-,9+/m0/s1. The van der Waals surface area contributed by atoms with Gasteiger partial charge in [0.1, 0.15) is 0 Å². The van der Waals surface area contributed by atoms with Crippen molar-refractivity contribution in [2.45, 2.75) is 36.6 Å². The first kappa shape index (κ1) is 14.4. The molecule has 1 rings (SSSR count). The minimum atomic E-state index is -2.38. The molecule has 2 nitrogen and oxygen atoms in total. The Kier molecular flexibility index (Phi) is 5.88. The fraction of sp³-hybridized carbons (Fsp3) is 0.500. The molecular formula is C12H17F2NOS. The van der Waals surface area contributed by atoms with Gasteiger partial charge in [-0.1, -0.05) is 23.9 Å². The van der Waals surface area contributed by atoms with Crippen LogP contribution in [0.1, 0.15) is 25.5 Å². The van der Waals surface area contributed by atoms with Crippen molar-refractivity contribution in [2.24, 2.45) is 0 Å². The summed E-state index contributed by atoms with van der Waals surface area (Å²) in [4.78, 5) is 0.561. The zero-order valence-electron chi connectivity index (χ0n) is 9.86. The Bertz CT molecular complexity index is 332. The highest BCUT2D eigenvalue weighted by atomic mass is 32.2. The van der Waals surface area contributed by atoms with Gasteiger partial charge in [0, 0.05) is 17.0 Å². The van der Waals surface area contributed by atoms with E-state index in [1.807, 2.05) is 26.0 Å². The highest BCUT2D eigenvalue weighted by molar-refractivity contribution is 7.99. The maximum Gasteiger partial charge on any atom is 0.288 e. The van der Waals surface area contributed by atoms with Crippen molar-refractivity contribution < 1.29 is 13.9 Å². The summed E-state index contributed by atoms with van der Waals surface area (Å²) in [5, 5.41) is 12.1. The molecule has 0 aromatic heterocycles. The van der Waals surface area contributed by atoms with E-state index in [1.54, 1.807) is 12.1 Å². The summed E-state index contributed by atoms with van der Waals surface area (Å²) in [6, 6.07) is 7.13. The van der Waals surface area contributed by atoms with Gasteiger partial charge in [0.25, 0.3) is 5.76 Å². The largest absolute Gasteiger partial charge is 0.395 e. The molecule has 0 heterocycles. The lowest BCUT2D eigenvalue weighted by molar-refractivity contribution is 0.243. The Morgan fingerprint density at radius 2 is 1.82 bits per heavy atom. The molecule has 2 N–H and O–H groups in total. The Hall–Kier alpha value is -0.650. The number of benzene rings is 1. The number of alkyl halides is 2. The average molecular weight is 261 g/mol. The predicted molar refractivity (Wildman–Crippen MR) is 66.4 cm³/mol. The quantitative estimate of drug-likeness (QED) is 0.772. The molecule has 0 saturated heterocycles. The molecule has 0 bridgehead atoms. The van der Waals surface area contributed by atoms with Gasteiger partial charge in [0.05, 0.1) is 6.61 Å². The SMILES string of the molecule is C[C@@H](CO)N[C@H](C)c1ccc(SC(F)F)cc1. The Morgan fingerprint density at radius 3 is 2.29 bits per heavy atom. The van der Waals surface area contributed by atoms with Gasteiger partial charge in [-0.3, -0.25) is 0 Å². The summed E-state index contributed by atoms with van der Waals surface area (Å²) >= 11 is 0.544. The van der Waals surface area contributed by atoms with Crippen molar-refractivity contribution in [3.63, 3.8) is 0 Å². The van der Waals surface area contributed by atoms with Crippen molar-refractivity contribution in [2.75, 3.05) is 6.61 Å². The summed E-state index contributed by atoms with van der Waals surface area (Å²) in [5.41, 5.74) is 1.02. The van der Waals surface area contributed by atoms with Crippen molar-refractivity contribution >= 4 is 11.8 Å². The first-order valence-corrected chi connectivity index (χ1v) is 6.32. The number of nitrogens with one attached hydrogen (secondary N) is 1. The first-order chi connectivity index (χ1) is 8.02. The minimum absolute atomic E-state index is 0.0140. The maximum absolute atomic E-state index is 12.1. The Labute approximate surface area is 104 Å². The summed E-state index contributed by atoms with van der Waals surface area (Å²) in [5.74, 6) is -2.38. The highest BCUT2D eigenvalue weighted by Gasteiger charge is 2.09. The molecule has 5 heteroatoms. The van der Waals surface area contributed by atoms with Gasteiger partial charge in [-0.2, -0.15) is 8.78 Å². The smallest absolute Gasteiger partial charge is 0.288 e. The van der Waals surface area contributed by atoms with E-state index in [1.165, 1.54) is 0 Å². The van der Waals surface area contributed by atoms with E-state index in [9.17, 15) is 8.78 Å². The van der Waals surface area contributed by atoms with E-state index in [4.69, 9.17) is 5.11 Å². The van der Waals surface area contributed by atoms with Crippen LogP contribution in [0.3, 0.4) is 0 Å². The molecule has 0 saturated carbocycles. The van der Waals surface area contributed by atoms with Crippen LogP contribution in [-0.2, 0) is 0 Å². The van der Waals surface area contributed by atoms with Gasteiger partial charge < -0.3 is 10.4 Å². The molecule has 96 valence electrons. The summed E-state index contributed by atoms with van der Waals surface area (Å²) < 4.78 is 24.2. The van der Waals surface area contributed by atoms with Crippen LogP contribution >= 0.6 is 11.8 Å². The van der Waals surface area contributed by atoms with E-state index in [-0.39, 0.29) is 18.7 Å². The van der Waals surface area contributed by atoms with Crippen LogP contribution < -0.4 is 5.32 Å². The van der Waals surface area contributed by atoms with Gasteiger partial charge in [-0.25, -0.2) is 0 Å². The lowest BCUT2D eigenvalue weighted by atomic mass is 10.1. The lowest BCUT2D eigenvalue weighted by Crippen LogP contribution is -2.31. The molecule has 1 aromatic rings. The van der Waals surface area contributed by atoms with E-state index >= 15 is 0 Å². The molecule has 0 aliphatic rings. The van der Waals surface area contributed by atoms with Gasteiger partial charge >= 0.3 is 0 Å². The maximum atomic E-state index is 12.1. The van der Waals surface area contributed by atoms with Gasteiger partial charge in [-0.05, 0) is 31.5 Å². The van der Waals surface area contributed by atoms with Crippen LogP contribution in [0.2, 0.25) is 0 Å². The third-order valence-corrected chi connectivity index (χ3v) is 3.14. The van der Waals surface area contributed by atoms with Gasteiger partial charge in [-0.15, -0.1) is 0 Å². The molecule has 17 heavy (non-hydrogen) atoms. The van der Waals surface area contributed by atoms with Crippen LogP contribution in [0.5, 0.6) is 0 Å². The third kappa shape index (κ3) is 5.02. The number of halogens is 2. The summed E-state index contributed by atoms with van der Waals surface area (Å²) in [6.45, 7) is 3.93. The summed E-state index contributed by atoms with van der Waals surface area (Å²) in [7, 11) is 0. The van der Waals surface area contributed by atoms with E-state index in [0.717, 1.165) is 5.56 Å². The number of rotatable bonds is 6. The van der Waals surface area contributed by atoms with E-state index in [2.05, 4.69) is 5.32 Å². The number of aliphatic hydroxyl groups is 1. The zero-order valence-corrected chi connectivity index (χ0v) is 10.7. The fourth-order valence-corrected chi connectivity index (χ4v) is 2.01. The third-order valence-electron chi connectivity index (χ3n) is 2.41. The number of hydrogen-bond donors (Lipinski definition) is 2.